The number of Topliss-reactive ketones (excluding diaryl/α,β-unsaturated/α-hetero) is 1. The highest BCUT2D eigenvalue weighted by Gasteiger charge is 2.07. The minimum atomic E-state index is 0.135. The summed E-state index contributed by atoms with van der Waals surface area (Å²) < 4.78 is 0. The molecule has 0 spiro atoms. The highest BCUT2D eigenvalue weighted by Crippen LogP contribution is 2.24. The molecule has 0 aliphatic rings. The number of hydrogen-bond acceptors (Lipinski definition) is 1. The van der Waals surface area contributed by atoms with Gasteiger partial charge < -0.3 is 0 Å². The van der Waals surface area contributed by atoms with Crippen LogP contribution in [-0.4, -0.2) is 5.78 Å². The maximum atomic E-state index is 11.4. The van der Waals surface area contributed by atoms with Crippen LogP contribution in [-0.2, 0) is 0 Å². The number of hydrogen-bond donors (Lipinski definition) is 0. The van der Waals surface area contributed by atoms with E-state index in [9.17, 15) is 4.79 Å². The van der Waals surface area contributed by atoms with Gasteiger partial charge in [0.25, 0.3) is 0 Å². The summed E-state index contributed by atoms with van der Waals surface area (Å²) in [7, 11) is 0. The van der Waals surface area contributed by atoms with Crippen molar-refractivity contribution < 1.29 is 4.79 Å². The molecule has 0 N–H and O–H groups in total. The lowest BCUT2D eigenvalue weighted by Gasteiger charge is -2.08. The van der Waals surface area contributed by atoms with E-state index in [0.29, 0.717) is 0 Å². The number of carbonyl (C=O) groups excluding carboxylic acids is 1. The Morgan fingerprint density at radius 2 is 1.73 bits per heavy atom. The Hall–Kier alpha value is -1.63. The number of fused-ring (bicyclic) bond motifs is 1. The zero-order valence-corrected chi connectivity index (χ0v) is 9.29. The average molecular weight is 198 g/mol. The van der Waals surface area contributed by atoms with Crippen molar-refractivity contribution in [3.05, 3.63) is 47.0 Å². The molecule has 76 valence electrons. The first-order valence-electron chi connectivity index (χ1n) is 5.11. The van der Waals surface area contributed by atoms with Crippen LogP contribution in [0.2, 0.25) is 0 Å². The van der Waals surface area contributed by atoms with Crippen molar-refractivity contribution in [2.45, 2.75) is 20.8 Å². The molecule has 2 aromatic rings. The topological polar surface area (TPSA) is 17.1 Å². The summed E-state index contributed by atoms with van der Waals surface area (Å²) in [6, 6.07) is 10.2. The van der Waals surface area contributed by atoms with Gasteiger partial charge >= 0.3 is 0 Å². The van der Waals surface area contributed by atoms with Crippen LogP contribution in [0.1, 0.15) is 28.4 Å². The minimum Gasteiger partial charge on any atom is -0.295 e. The van der Waals surface area contributed by atoms with E-state index in [1.54, 1.807) is 6.92 Å². The van der Waals surface area contributed by atoms with Crippen LogP contribution in [0.3, 0.4) is 0 Å². The summed E-state index contributed by atoms with van der Waals surface area (Å²) >= 11 is 0. The van der Waals surface area contributed by atoms with Crippen molar-refractivity contribution in [3.8, 4) is 0 Å². The van der Waals surface area contributed by atoms with E-state index in [0.717, 1.165) is 11.1 Å². The van der Waals surface area contributed by atoms with Crippen LogP contribution in [0.4, 0.5) is 0 Å². The molecule has 0 aliphatic heterocycles. The second kappa shape index (κ2) is 3.50. The molecular formula is C14H14O. The van der Waals surface area contributed by atoms with Gasteiger partial charge in [0.1, 0.15) is 0 Å². The predicted octanol–water partition coefficient (Wildman–Crippen LogP) is 3.66. The van der Waals surface area contributed by atoms with Gasteiger partial charge in [-0.2, -0.15) is 0 Å². The number of rotatable bonds is 1. The third kappa shape index (κ3) is 1.54. The van der Waals surface area contributed by atoms with Gasteiger partial charge in [-0.15, -0.1) is 0 Å². The Balaban J connectivity index is 2.86. The van der Waals surface area contributed by atoms with Gasteiger partial charge in [0, 0.05) is 5.56 Å². The molecule has 0 unspecified atom stereocenters. The van der Waals surface area contributed by atoms with Gasteiger partial charge in [0.2, 0.25) is 0 Å². The maximum Gasteiger partial charge on any atom is 0.160 e. The van der Waals surface area contributed by atoms with Crippen molar-refractivity contribution in [1.82, 2.24) is 0 Å². The Labute approximate surface area is 89.7 Å². The highest BCUT2D eigenvalue weighted by molar-refractivity contribution is 6.01. The van der Waals surface area contributed by atoms with Gasteiger partial charge in [-0.1, -0.05) is 30.3 Å². The van der Waals surface area contributed by atoms with E-state index in [2.05, 4.69) is 19.1 Å². The number of carbonyl (C=O) groups is 1. The van der Waals surface area contributed by atoms with Crippen LogP contribution in [0.25, 0.3) is 10.8 Å². The standard InChI is InChI=1S/C14H14O/c1-9-5-4-6-14-10(2)13(11(3)15)8-7-12(9)14/h4-8H,1-3H3. The van der Waals surface area contributed by atoms with Crippen molar-refractivity contribution in [3.63, 3.8) is 0 Å². The number of ketones is 1. The van der Waals surface area contributed by atoms with Gasteiger partial charge in [-0.3, -0.25) is 4.79 Å². The monoisotopic (exact) mass is 198 g/mol. The van der Waals surface area contributed by atoms with Gasteiger partial charge in [0.15, 0.2) is 5.78 Å². The Bertz CT molecular complexity index is 538. The van der Waals surface area contributed by atoms with E-state index in [1.165, 1.54) is 16.3 Å². The zero-order chi connectivity index (χ0) is 11.0. The molecule has 2 aromatic carbocycles. The molecular weight excluding hydrogens is 184 g/mol. The molecule has 0 saturated heterocycles. The SMILES string of the molecule is CC(=O)c1ccc2c(C)cccc2c1C. The number of aryl methyl sites for hydroxylation is 2. The lowest BCUT2D eigenvalue weighted by Crippen LogP contribution is -1.96. The minimum absolute atomic E-state index is 0.135. The maximum absolute atomic E-state index is 11.4. The van der Waals surface area contributed by atoms with Crippen molar-refractivity contribution in [1.29, 1.82) is 0 Å². The molecule has 0 aromatic heterocycles. The Morgan fingerprint density at radius 3 is 2.40 bits per heavy atom. The summed E-state index contributed by atoms with van der Waals surface area (Å²) in [6.45, 7) is 5.72. The van der Waals surface area contributed by atoms with E-state index < -0.39 is 0 Å². The zero-order valence-electron chi connectivity index (χ0n) is 9.29. The van der Waals surface area contributed by atoms with Gasteiger partial charge in [0.05, 0.1) is 0 Å². The van der Waals surface area contributed by atoms with Crippen LogP contribution in [0.15, 0.2) is 30.3 Å². The molecule has 0 saturated carbocycles. The molecule has 0 atom stereocenters. The quantitative estimate of drug-likeness (QED) is 0.639. The fourth-order valence-electron chi connectivity index (χ4n) is 2.05. The molecule has 0 fully saturated rings. The second-order valence-electron chi connectivity index (χ2n) is 3.96. The molecule has 1 nitrogen and oxygen atoms in total. The Kier molecular flexibility index (Phi) is 2.31. The van der Waals surface area contributed by atoms with E-state index in [4.69, 9.17) is 0 Å². The average Bonchev–Trinajstić information content (AvgIpc) is 2.19. The Morgan fingerprint density at radius 1 is 1.00 bits per heavy atom. The molecule has 2 rings (SSSR count). The highest BCUT2D eigenvalue weighted by atomic mass is 16.1. The molecule has 0 amide bonds. The third-order valence-electron chi connectivity index (χ3n) is 2.93. The van der Waals surface area contributed by atoms with Crippen LogP contribution in [0, 0.1) is 13.8 Å². The molecule has 15 heavy (non-hydrogen) atoms. The molecule has 0 bridgehead atoms. The lowest BCUT2D eigenvalue weighted by molar-refractivity contribution is 0.101. The van der Waals surface area contributed by atoms with Crippen molar-refractivity contribution in [2.24, 2.45) is 0 Å². The molecule has 1 heteroatoms. The fourth-order valence-corrected chi connectivity index (χ4v) is 2.05. The van der Waals surface area contributed by atoms with E-state index in [-0.39, 0.29) is 5.78 Å². The van der Waals surface area contributed by atoms with Crippen LogP contribution >= 0.6 is 0 Å². The van der Waals surface area contributed by atoms with Crippen LogP contribution in [0.5, 0.6) is 0 Å². The largest absolute Gasteiger partial charge is 0.295 e. The predicted molar refractivity (Wildman–Crippen MR) is 63.4 cm³/mol. The number of benzene rings is 2. The normalized spacial score (nSPS) is 10.6. The van der Waals surface area contributed by atoms with Crippen molar-refractivity contribution in [2.75, 3.05) is 0 Å². The summed E-state index contributed by atoms with van der Waals surface area (Å²) in [4.78, 5) is 11.4. The summed E-state index contributed by atoms with van der Waals surface area (Å²) in [5, 5.41) is 2.42. The van der Waals surface area contributed by atoms with Gasteiger partial charge in [-0.05, 0) is 42.7 Å². The van der Waals surface area contributed by atoms with Crippen LogP contribution < -0.4 is 0 Å². The molecule has 0 radical (unpaired) electrons. The lowest BCUT2D eigenvalue weighted by atomic mass is 9.96. The van der Waals surface area contributed by atoms with Gasteiger partial charge in [-0.25, -0.2) is 0 Å². The summed E-state index contributed by atoms with van der Waals surface area (Å²) in [5.41, 5.74) is 3.17. The van der Waals surface area contributed by atoms with E-state index >= 15 is 0 Å². The second-order valence-corrected chi connectivity index (χ2v) is 3.96. The van der Waals surface area contributed by atoms with Crippen molar-refractivity contribution >= 4 is 16.6 Å². The fraction of sp³-hybridized carbons (Fsp3) is 0.214. The first kappa shape index (κ1) is 9.91. The summed E-state index contributed by atoms with van der Waals surface area (Å²) in [5.74, 6) is 0.135. The first-order chi connectivity index (χ1) is 7.11. The summed E-state index contributed by atoms with van der Waals surface area (Å²) in [6.07, 6.45) is 0. The molecule has 0 aliphatic carbocycles. The molecule has 0 heterocycles. The third-order valence-corrected chi connectivity index (χ3v) is 2.93. The van der Waals surface area contributed by atoms with E-state index in [1.807, 2.05) is 25.1 Å². The first-order valence-corrected chi connectivity index (χ1v) is 5.11. The smallest absolute Gasteiger partial charge is 0.160 e.